The van der Waals surface area contributed by atoms with E-state index in [1.807, 2.05) is 0 Å². The van der Waals surface area contributed by atoms with Crippen LogP contribution in [-0.4, -0.2) is 10.1 Å². The highest BCUT2D eigenvalue weighted by molar-refractivity contribution is 5.53. The van der Waals surface area contributed by atoms with Crippen molar-refractivity contribution in [1.82, 2.24) is 4.98 Å². The molecule has 0 saturated carbocycles. The standard InChI is InChI=1S/C8H10F2N2O/c1-4-6(11)5(3-13)2-12-7(4)8(9)10/h2,8,13H,3H2,1H3,(H2,11,12). The predicted octanol–water partition coefficient (Wildman–Crippen LogP) is 1.40. The Morgan fingerprint density at radius 3 is 2.69 bits per heavy atom. The molecule has 3 nitrogen and oxygen atoms in total. The molecule has 0 unspecified atom stereocenters. The first kappa shape index (κ1) is 9.85. The Bertz CT molecular complexity index is 315. The number of halogens is 2. The van der Waals surface area contributed by atoms with Gasteiger partial charge >= 0.3 is 0 Å². The maximum Gasteiger partial charge on any atom is 0.280 e. The zero-order chi connectivity index (χ0) is 10.0. The number of hydrogen-bond acceptors (Lipinski definition) is 3. The molecule has 0 aliphatic carbocycles. The molecule has 72 valence electrons. The van der Waals surface area contributed by atoms with Gasteiger partial charge < -0.3 is 10.8 Å². The van der Waals surface area contributed by atoms with Gasteiger partial charge in [0.1, 0.15) is 5.69 Å². The molecule has 13 heavy (non-hydrogen) atoms. The minimum atomic E-state index is -2.63. The van der Waals surface area contributed by atoms with E-state index in [1.54, 1.807) is 0 Å². The van der Waals surface area contributed by atoms with Crippen molar-refractivity contribution in [2.24, 2.45) is 0 Å². The van der Waals surface area contributed by atoms with E-state index in [0.29, 0.717) is 5.56 Å². The van der Waals surface area contributed by atoms with Crippen LogP contribution < -0.4 is 5.73 Å². The second-order valence-corrected chi connectivity index (χ2v) is 2.67. The van der Waals surface area contributed by atoms with E-state index in [4.69, 9.17) is 10.8 Å². The zero-order valence-corrected chi connectivity index (χ0v) is 7.09. The summed E-state index contributed by atoms with van der Waals surface area (Å²) in [7, 11) is 0. The molecule has 0 radical (unpaired) electrons. The molecule has 3 N–H and O–H groups in total. The van der Waals surface area contributed by atoms with Gasteiger partial charge in [-0.2, -0.15) is 0 Å². The Kier molecular flexibility index (Phi) is 2.77. The predicted molar refractivity (Wildman–Crippen MR) is 44.3 cm³/mol. The van der Waals surface area contributed by atoms with Gasteiger partial charge in [-0.1, -0.05) is 0 Å². The van der Waals surface area contributed by atoms with Gasteiger partial charge in [0.25, 0.3) is 6.43 Å². The molecular weight excluding hydrogens is 178 g/mol. The third kappa shape index (κ3) is 1.75. The number of anilines is 1. The topological polar surface area (TPSA) is 59.1 Å². The molecule has 1 aromatic heterocycles. The normalized spacial score (nSPS) is 10.8. The highest BCUT2D eigenvalue weighted by Gasteiger charge is 2.15. The molecule has 0 atom stereocenters. The first-order chi connectivity index (χ1) is 6.07. The quantitative estimate of drug-likeness (QED) is 0.737. The summed E-state index contributed by atoms with van der Waals surface area (Å²) in [5.74, 6) is 0. The lowest BCUT2D eigenvalue weighted by molar-refractivity contribution is 0.145. The smallest absolute Gasteiger partial charge is 0.280 e. The highest BCUT2D eigenvalue weighted by Crippen LogP contribution is 2.26. The van der Waals surface area contributed by atoms with Crippen molar-refractivity contribution in [1.29, 1.82) is 0 Å². The molecule has 0 aliphatic heterocycles. The van der Waals surface area contributed by atoms with E-state index in [0.717, 1.165) is 0 Å². The van der Waals surface area contributed by atoms with Crippen LogP contribution in [0.4, 0.5) is 14.5 Å². The molecule has 0 aromatic carbocycles. The number of rotatable bonds is 2. The second kappa shape index (κ2) is 3.66. The summed E-state index contributed by atoms with van der Waals surface area (Å²) in [6, 6.07) is 0. The number of aromatic nitrogens is 1. The summed E-state index contributed by atoms with van der Waals surface area (Å²) in [5, 5.41) is 8.76. The molecule has 0 saturated heterocycles. The summed E-state index contributed by atoms with van der Waals surface area (Å²) in [6.07, 6.45) is -1.46. The van der Waals surface area contributed by atoms with Crippen molar-refractivity contribution in [2.75, 3.05) is 5.73 Å². The van der Waals surface area contributed by atoms with Crippen molar-refractivity contribution in [2.45, 2.75) is 20.0 Å². The molecule has 0 aliphatic rings. The number of nitrogens with two attached hydrogens (primary N) is 1. The summed E-state index contributed by atoms with van der Waals surface area (Å²) in [5.41, 5.74) is 5.98. The van der Waals surface area contributed by atoms with E-state index in [9.17, 15) is 8.78 Å². The van der Waals surface area contributed by atoms with Crippen molar-refractivity contribution in [3.05, 3.63) is 23.0 Å². The van der Waals surface area contributed by atoms with Crippen molar-refractivity contribution in [3.63, 3.8) is 0 Å². The maximum atomic E-state index is 12.3. The van der Waals surface area contributed by atoms with E-state index in [2.05, 4.69) is 4.98 Å². The summed E-state index contributed by atoms with van der Waals surface area (Å²) < 4.78 is 24.5. The molecule has 1 aromatic rings. The summed E-state index contributed by atoms with van der Waals surface area (Å²) in [6.45, 7) is 1.17. The lowest BCUT2D eigenvalue weighted by Gasteiger charge is -2.09. The number of aliphatic hydroxyl groups excluding tert-OH is 1. The fourth-order valence-corrected chi connectivity index (χ4v) is 1.04. The lowest BCUT2D eigenvalue weighted by atomic mass is 10.1. The van der Waals surface area contributed by atoms with E-state index in [-0.39, 0.29) is 23.6 Å². The van der Waals surface area contributed by atoms with Crippen LogP contribution in [0.2, 0.25) is 0 Å². The molecule has 0 spiro atoms. The zero-order valence-electron chi connectivity index (χ0n) is 7.09. The summed E-state index contributed by atoms with van der Waals surface area (Å²) in [4.78, 5) is 3.52. The monoisotopic (exact) mass is 188 g/mol. The van der Waals surface area contributed by atoms with Crippen LogP contribution in [0.5, 0.6) is 0 Å². The minimum absolute atomic E-state index is 0.188. The third-order valence-corrected chi connectivity index (χ3v) is 1.87. The summed E-state index contributed by atoms with van der Waals surface area (Å²) >= 11 is 0. The number of aliphatic hydroxyl groups is 1. The Hall–Kier alpha value is -1.23. The average Bonchev–Trinajstić information content (AvgIpc) is 2.09. The van der Waals surface area contributed by atoms with E-state index in [1.165, 1.54) is 13.1 Å². The van der Waals surface area contributed by atoms with Gasteiger partial charge in [-0.3, -0.25) is 4.98 Å². The maximum absolute atomic E-state index is 12.3. The molecule has 5 heteroatoms. The fraction of sp³-hybridized carbons (Fsp3) is 0.375. The van der Waals surface area contributed by atoms with Crippen LogP contribution in [0.1, 0.15) is 23.2 Å². The Labute approximate surface area is 74.2 Å². The number of nitrogens with zero attached hydrogens (tertiary/aromatic N) is 1. The molecule has 0 bridgehead atoms. The number of pyridine rings is 1. The van der Waals surface area contributed by atoms with Gasteiger partial charge in [-0.15, -0.1) is 0 Å². The average molecular weight is 188 g/mol. The van der Waals surface area contributed by atoms with E-state index >= 15 is 0 Å². The Balaban J connectivity index is 3.23. The van der Waals surface area contributed by atoms with Gasteiger partial charge in [0.2, 0.25) is 0 Å². The van der Waals surface area contributed by atoms with Gasteiger partial charge in [0, 0.05) is 17.4 Å². The minimum Gasteiger partial charge on any atom is -0.398 e. The Morgan fingerprint density at radius 1 is 1.62 bits per heavy atom. The number of hydrogen-bond donors (Lipinski definition) is 2. The largest absolute Gasteiger partial charge is 0.398 e. The van der Waals surface area contributed by atoms with Crippen LogP contribution in [0.25, 0.3) is 0 Å². The van der Waals surface area contributed by atoms with Gasteiger partial charge in [0.15, 0.2) is 0 Å². The van der Waals surface area contributed by atoms with Crippen molar-refractivity contribution in [3.8, 4) is 0 Å². The van der Waals surface area contributed by atoms with Gasteiger partial charge in [-0.25, -0.2) is 8.78 Å². The van der Waals surface area contributed by atoms with Crippen LogP contribution in [0.3, 0.4) is 0 Å². The first-order valence-corrected chi connectivity index (χ1v) is 3.70. The molecule has 1 heterocycles. The van der Waals surface area contributed by atoms with Crippen molar-refractivity contribution < 1.29 is 13.9 Å². The molecule has 1 rings (SSSR count). The van der Waals surface area contributed by atoms with Gasteiger partial charge in [0.05, 0.1) is 6.61 Å². The van der Waals surface area contributed by atoms with Crippen LogP contribution in [0.15, 0.2) is 6.20 Å². The van der Waals surface area contributed by atoms with Crippen LogP contribution >= 0.6 is 0 Å². The molecule has 0 amide bonds. The first-order valence-electron chi connectivity index (χ1n) is 3.70. The SMILES string of the molecule is Cc1c(C(F)F)ncc(CO)c1N. The van der Waals surface area contributed by atoms with Crippen LogP contribution in [-0.2, 0) is 6.61 Å². The Morgan fingerprint density at radius 2 is 2.23 bits per heavy atom. The lowest BCUT2D eigenvalue weighted by Crippen LogP contribution is -2.04. The number of nitrogen functional groups attached to an aromatic ring is 1. The second-order valence-electron chi connectivity index (χ2n) is 2.67. The molecule has 0 fully saturated rings. The van der Waals surface area contributed by atoms with Crippen LogP contribution in [0, 0.1) is 6.92 Å². The van der Waals surface area contributed by atoms with E-state index < -0.39 is 6.43 Å². The highest BCUT2D eigenvalue weighted by atomic mass is 19.3. The van der Waals surface area contributed by atoms with Crippen molar-refractivity contribution >= 4 is 5.69 Å². The number of alkyl halides is 2. The van der Waals surface area contributed by atoms with Gasteiger partial charge in [-0.05, 0) is 12.5 Å². The molecular formula is C8H10F2N2O. The fourth-order valence-electron chi connectivity index (χ4n) is 1.04. The third-order valence-electron chi connectivity index (χ3n) is 1.87.